The van der Waals surface area contributed by atoms with Gasteiger partial charge in [0.2, 0.25) is 15.8 Å². The predicted molar refractivity (Wildman–Crippen MR) is 146 cm³/mol. The smallest absolute Gasteiger partial charge is 0.316 e. The minimum Gasteiger partial charge on any atom is -0.479 e. The molecular weight excluding hydrogens is 531 g/mol. The summed E-state index contributed by atoms with van der Waals surface area (Å²) in [6.07, 6.45) is -0.0908. The molecule has 0 bridgehead atoms. The van der Waals surface area contributed by atoms with Crippen LogP contribution in [0.25, 0.3) is 5.69 Å². The fourth-order valence-electron chi connectivity index (χ4n) is 4.95. The second kappa shape index (κ2) is 10.7. The summed E-state index contributed by atoms with van der Waals surface area (Å²) < 4.78 is 49.4. The number of nitrogens with zero attached hydrogens (tertiary/aromatic N) is 4. The summed E-state index contributed by atoms with van der Waals surface area (Å²) in [5, 5.41) is 4.29. The molecule has 2 aromatic carbocycles. The van der Waals surface area contributed by atoms with Crippen LogP contribution >= 0.6 is 11.6 Å². The largest absolute Gasteiger partial charge is 0.479 e. The van der Waals surface area contributed by atoms with Gasteiger partial charge in [-0.15, -0.1) is 0 Å². The first-order chi connectivity index (χ1) is 18.1. The highest BCUT2D eigenvalue weighted by atomic mass is 35.5. The molecule has 0 radical (unpaired) electrons. The van der Waals surface area contributed by atoms with Crippen LogP contribution in [0.3, 0.4) is 0 Å². The zero-order chi connectivity index (χ0) is 27.0. The highest BCUT2D eigenvalue weighted by molar-refractivity contribution is 7.89. The number of anilines is 1. The lowest BCUT2D eigenvalue weighted by atomic mass is 9.88. The Labute approximate surface area is 226 Å². The van der Waals surface area contributed by atoms with Crippen LogP contribution in [0.2, 0.25) is 5.02 Å². The number of hydrogen-bond acceptors (Lipinski definition) is 6. The van der Waals surface area contributed by atoms with Gasteiger partial charge in [-0.05, 0) is 43.2 Å². The maximum Gasteiger partial charge on any atom is 0.316 e. The van der Waals surface area contributed by atoms with Crippen molar-refractivity contribution in [2.24, 2.45) is 0 Å². The van der Waals surface area contributed by atoms with Crippen molar-refractivity contribution in [3.8, 4) is 11.4 Å². The molecule has 1 aliphatic heterocycles. The summed E-state index contributed by atoms with van der Waals surface area (Å²) in [5.74, 6) is -0.00725. The van der Waals surface area contributed by atoms with Crippen LogP contribution in [0.5, 0.6) is 5.75 Å². The van der Waals surface area contributed by atoms with E-state index >= 15 is 4.39 Å². The third-order valence-corrected chi connectivity index (χ3v) is 9.64. The summed E-state index contributed by atoms with van der Waals surface area (Å²) >= 11 is 6.15. The van der Waals surface area contributed by atoms with Crippen molar-refractivity contribution in [3.63, 3.8) is 0 Å². The number of hydrogen-bond donors (Lipinski definition) is 0. The molecule has 1 aliphatic carbocycles. The molecule has 1 aromatic heterocycles. The molecule has 2 aliphatic rings. The molecule has 2 atom stereocenters. The van der Waals surface area contributed by atoms with Crippen molar-refractivity contribution < 1.29 is 17.5 Å². The Balaban J connectivity index is 1.50. The number of fused-ring (bicyclic) bond motifs is 1. The van der Waals surface area contributed by atoms with E-state index in [2.05, 4.69) is 5.10 Å². The lowest BCUT2D eigenvalue weighted by Crippen LogP contribution is -2.51. The molecule has 1 fully saturated rings. The second-order valence-corrected chi connectivity index (χ2v) is 12.8. The zero-order valence-electron chi connectivity index (χ0n) is 21.3. The SMILES string of the molecule is CC(C)S(=O)(=O)N1CCN(c2cnn(-c3cccc(Cl)c3)c(=O)c2OC2Cc3ccccc3CC2F)CC1. The van der Waals surface area contributed by atoms with Crippen LogP contribution in [-0.4, -0.2) is 66.2 Å². The first kappa shape index (κ1) is 26.6. The Bertz CT molecular complexity index is 1490. The maximum absolute atomic E-state index is 15.3. The Kier molecular flexibility index (Phi) is 7.48. The van der Waals surface area contributed by atoms with Crippen molar-refractivity contribution in [3.05, 3.63) is 81.2 Å². The van der Waals surface area contributed by atoms with E-state index in [1.807, 2.05) is 29.2 Å². The highest BCUT2D eigenvalue weighted by Gasteiger charge is 2.34. The number of ether oxygens (including phenoxy) is 1. The van der Waals surface area contributed by atoms with Crippen LogP contribution in [0.15, 0.2) is 59.5 Å². The van der Waals surface area contributed by atoms with Crippen molar-refractivity contribution in [1.29, 1.82) is 0 Å². The Morgan fingerprint density at radius 2 is 1.71 bits per heavy atom. The van der Waals surface area contributed by atoms with Crippen LogP contribution in [-0.2, 0) is 22.9 Å². The van der Waals surface area contributed by atoms with Gasteiger partial charge in [-0.3, -0.25) is 4.79 Å². The summed E-state index contributed by atoms with van der Waals surface area (Å²) in [6, 6.07) is 14.4. The maximum atomic E-state index is 15.3. The Hall–Kier alpha value is -2.95. The van der Waals surface area contributed by atoms with Gasteiger partial charge in [0.1, 0.15) is 18.0 Å². The fourth-order valence-corrected chi connectivity index (χ4v) is 6.40. The van der Waals surface area contributed by atoms with Gasteiger partial charge in [-0.2, -0.15) is 14.1 Å². The molecule has 11 heteroatoms. The van der Waals surface area contributed by atoms with Gasteiger partial charge in [0.05, 0.1) is 17.1 Å². The van der Waals surface area contributed by atoms with E-state index in [4.69, 9.17) is 16.3 Å². The van der Waals surface area contributed by atoms with Gasteiger partial charge in [-0.1, -0.05) is 41.9 Å². The van der Waals surface area contributed by atoms with Crippen molar-refractivity contribution in [1.82, 2.24) is 14.1 Å². The lowest BCUT2D eigenvalue weighted by molar-refractivity contribution is 0.0901. The van der Waals surface area contributed by atoms with Gasteiger partial charge in [0, 0.05) is 44.0 Å². The van der Waals surface area contributed by atoms with Crippen LogP contribution in [0.4, 0.5) is 10.1 Å². The van der Waals surface area contributed by atoms with E-state index in [-0.39, 0.29) is 25.3 Å². The third-order valence-electron chi connectivity index (χ3n) is 7.13. The summed E-state index contributed by atoms with van der Waals surface area (Å²) in [7, 11) is -3.40. The number of aromatic nitrogens is 2. The minimum atomic E-state index is -3.40. The number of sulfonamides is 1. The average molecular weight is 561 g/mol. The monoisotopic (exact) mass is 560 g/mol. The molecule has 1 saturated heterocycles. The Morgan fingerprint density at radius 3 is 2.37 bits per heavy atom. The molecule has 5 rings (SSSR count). The fraction of sp³-hybridized carbons (Fsp3) is 0.407. The minimum absolute atomic E-state index is 0.00725. The van der Waals surface area contributed by atoms with E-state index in [0.29, 0.717) is 35.9 Å². The third kappa shape index (κ3) is 5.17. The predicted octanol–water partition coefficient (Wildman–Crippen LogP) is 3.63. The molecule has 2 heterocycles. The standard InChI is InChI=1S/C27H30ClFN4O4S/c1-18(2)38(35,36)32-12-10-31(11-13-32)24-17-30-33(22-9-5-8-21(28)16-22)27(34)26(24)37-25-15-20-7-4-3-6-19(20)14-23(25)29/h3-9,16-18,23,25H,10-15H2,1-2H3. The lowest BCUT2D eigenvalue weighted by Gasteiger charge is -2.37. The number of rotatable bonds is 6. The Morgan fingerprint density at radius 1 is 1.03 bits per heavy atom. The van der Waals surface area contributed by atoms with Gasteiger partial charge < -0.3 is 9.64 Å². The van der Waals surface area contributed by atoms with Crippen LogP contribution in [0.1, 0.15) is 25.0 Å². The van der Waals surface area contributed by atoms with Gasteiger partial charge in [0.15, 0.2) is 0 Å². The normalized spacial score (nSPS) is 20.4. The van der Waals surface area contributed by atoms with Crippen molar-refractivity contribution in [2.75, 3.05) is 31.1 Å². The second-order valence-electron chi connectivity index (χ2n) is 9.88. The highest BCUT2D eigenvalue weighted by Crippen LogP contribution is 2.31. The molecule has 0 saturated carbocycles. The number of alkyl halides is 1. The molecule has 0 N–H and O–H groups in total. The molecular formula is C27H30ClFN4O4S. The van der Waals surface area contributed by atoms with Crippen LogP contribution < -0.4 is 15.2 Å². The molecule has 3 aromatic rings. The first-order valence-corrected chi connectivity index (χ1v) is 14.5. The molecule has 0 amide bonds. The molecule has 8 nitrogen and oxygen atoms in total. The van der Waals surface area contributed by atoms with Crippen molar-refractivity contribution in [2.45, 2.75) is 44.2 Å². The first-order valence-electron chi connectivity index (χ1n) is 12.6. The average Bonchev–Trinajstić information content (AvgIpc) is 2.90. The molecule has 0 spiro atoms. The van der Waals surface area contributed by atoms with Crippen molar-refractivity contribution >= 4 is 27.3 Å². The van der Waals surface area contributed by atoms with Gasteiger partial charge in [0.25, 0.3) is 0 Å². The van der Waals surface area contributed by atoms with E-state index in [0.717, 1.165) is 11.1 Å². The summed E-state index contributed by atoms with van der Waals surface area (Å²) in [4.78, 5) is 15.6. The van der Waals surface area contributed by atoms with Crippen LogP contribution in [0, 0.1) is 0 Å². The van der Waals surface area contributed by atoms with Gasteiger partial charge >= 0.3 is 5.56 Å². The quantitative estimate of drug-likeness (QED) is 0.458. The van der Waals surface area contributed by atoms with Gasteiger partial charge in [-0.25, -0.2) is 12.8 Å². The summed E-state index contributed by atoms with van der Waals surface area (Å²) in [5.41, 5.74) is 2.27. The van der Waals surface area contributed by atoms with E-state index < -0.39 is 33.1 Å². The van der Waals surface area contributed by atoms with E-state index in [1.165, 1.54) is 15.2 Å². The molecule has 202 valence electrons. The zero-order valence-corrected chi connectivity index (χ0v) is 22.8. The number of halogens is 2. The number of benzene rings is 2. The topological polar surface area (TPSA) is 84.7 Å². The van der Waals surface area contributed by atoms with E-state index in [1.54, 1.807) is 38.1 Å². The number of piperazine rings is 1. The summed E-state index contributed by atoms with van der Waals surface area (Å²) in [6.45, 7) is 4.53. The molecule has 2 unspecified atom stereocenters. The van der Waals surface area contributed by atoms with E-state index in [9.17, 15) is 13.2 Å². The molecule has 38 heavy (non-hydrogen) atoms.